The summed E-state index contributed by atoms with van der Waals surface area (Å²) in [4.78, 5) is 24.2. The van der Waals surface area contributed by atoms with Crippen LogP contribution in [0.5, 0.6) is 11.5 Å². The number of hydrogen-bond acceptors (Lipinski definition) is 7. The molecule has 0 spiro atoms. The molecule has 0 bridgehead atoms. The smallest absolute Gasteiger partial charge is 0.344 e. The number of methoxy groups -OCH3 is 1. The third kappa shape index (κ3) is 2.66. The van der Waals surface area contributed by atoms with Crippen LogP contribution in [0.25, 0.3) is 11.0 Å². The van der Waals surface area contributed by atoms with Crippen molar-refractivity contribution in [3.05, 3.63) is 91.8 Å². The predicted octanol–water partition coefficient (Wildman–Crippen LogP) is 2.99. The molecule has 0 unspecified atom stereocenters. The van der Waals surface area contributed by atoms with Gasteiger partial charge in [-0.25, -0.2) is 4.79 Å². The SMILES string of the molecule is CNC1=C([N+](=O)[O-])[C@@H](c2ccc(OC)cc2)c2c(c3ccccc3oc2=O)O1. The molecule has 0 fully saturated rings. The maximum atomic E-state index is 12.8. The average molecular weight is 380 g/mol. The second-order valence-electron chi connectivity index (χ2n) is 6.16. The monoisotopic (exact) mass is 380 g/mol. The van der Waals surface area contributed by atoms with Gasteiger partial charge in [0.1, 0.15) is 17.3 Å². The van der Waals surface area contributed by atoms with Gasteiger partial charge in [-0.15, -0.1) is 0 Å². The van der Waals surface area contributed by atoms with Crippen LogP contribution in [0.15, 0.2) is 69.3 Å². The summed E-state index contributed by atoms with van der Waals surface area (Å²) < 4.78 is 16.4. The molecule has 2 heterocycles. The molecule has 0 saturated heterocycles. The van der Waals surface area contributed by atoms with Crippen molar-refractivity contribution in [2.45, 2.75) is 5.92 Å². The molecular formula is C20H16N2O6. The van der Waals surface area contributed by atoms with Crippen LogP contribution in [0.4, 0.5) is 0 Å². The molecule has 1 atom stereocenters. The van der Waals surface area contributed by atoms with Crippen LogP contribution in [0.3, 0.4) is 0 Å². The second kappa shape index (κ2) is 6.73. The number of nitrogens with zero attached hydrogens (tertiary/aromatic N) is 1. The largest absolute Gasteiger partial charge is 0.497 e. The summed E-state index contributed by atoms with van der Waals surface area (Å²) in [6, 6.07) is 13.6. The summed E-state index contributed by atoms with van der Waals surface area (Å²) in [5, 5.41) is 15.2. The minimum Gasteiger partial charge on any atom is -0.497 e. The van der Waals surface area contributed by atoms with E-state index in [0.29, 0.717) is 22.3 Å². The van der Waals surface area contributed by atoms with E-state index in [1.54, 1.807) is 48.5 Å². The minimum absolute atomic E-state index is 0.0194. The standard InChI is InChI=1S/C20H16N2O6/c1-21-19-17(22(24)25)15(11-7-9-12(26-2)10-8-11)16-18(28-19)13-5-3-4-6-14(13)27-20(16)23/h3-10,15,21H,1-2H3/t15-/m0/s1. The van der Waals surface area contributed by atoms with Crippen molar-refractivity contribution in [1.82, 2.24) is 5.32 Å². The molecule has 1 aliphatic heterocycles. The summed E-state index contributed by atoms with van der Waals surface area (Å²) in [6.45, 7) is 0. The van der Waals surface area contributed by atoms with Crippen LogP contribution in [-0.2, 0) is 0 Å². The molecule has 0 saturated carbocycles. The molecule has 1 aliphatic rings. The maximum absolute atomic E-state index is 12.8. The molecule has 1 aromatic heterocycles. The zero-order valence-corrected chi connectivity index (χ0v) is 15.1. The van der Waals surface area contributed by atoms with Gasteiger partial charge < -0.3 is 19.2 Å². The molecule has 0 aliphatic carbocycles. The van der Waals surface area contributed by atoms with Gasteiger partial charge in [0.25, 0.3) is 5.88 Å². The van der Waals surface area contributed by atoms with Crippen LogP contribution in [0.2, 0.25) is 0 Å². The number of para-hydroxylation sites is 1. The number of fused-ring (bicyclic) bond motifs is 3. The number of nitro groups is 1. The first kappa shape index (κ1) is 17.6. The number of rotatable bonds is 4. The molecule has 0 radical (unpaired) electrons. The van der Waals surface area contributed by atoms with Crippen LogP contribution in [0, 0.1) is 10.1 Å². The fraction of sp³-hybridized carbons (Fsp3) is 0.150. The van der Waals surface area contributed by atoms with Crippen molar-refractivity contribution in [3.8, 4) is 11.5 Å². The van der Waals surface area contributed by atoms with E-state index in [1.807, 2.05) is 0 Å². The Labute approximate surface area is 159 Å². The van der Waals surface area contributed by atoms with E-state index in [9.17, 15) is 14.9 Å². The van der Waals surface area contributed by atoms with Crippen molar-refractivity contribution < 1.29 is 18.8 Å². The van der Waals surface area contributed by atoms with Gasteiger partial charge in [0.2, 0.25) is 0 Å². The van der Waals surface area contributed by atoms with Crippen molar-refractivity contribution in [1.29, 1.82) is 0 Å². The Balaban J connectivity index is 2.06. The molecule has 0 amide bonds. The molecule has 8 nitrogen and oxygen atoms in total. The Morgan fingerprint density at radius 1 is 1.14 bits per heavy atom. The van der Waals surface area contributed by atoms with Gasteiger partial charge >= 0.3 is 11.3 Å². The number of ether oxygens (including phenoxy) is 2. The Hall–Kier alpha value is -3.81. The molecule has 4 rings (SSSR count). The summed E-state index contributed by atoms with van der Waals surface area (Å²) >= 11 is 0. The van der Waals surface area contributed by atoms with E-state index >= 15 is 0 Å². The van der Waals surface area contributed by atoms with Crippen molar-refractivity contribution in [3.63, 3.8) is 0 Å². The van der Waals surface area contributed by atoms with E-state index in [1.165, 1.54) is 14.2 Å². The molecule has 142 valence electrons. The minimum atomic E-state index is -0.965. The quantitative estimate of drug-likeness (QED) is 0.421. The Morgan fingerprint density at radius 2 is 1.86 bits per heavy atom. The highest BCUT2D eigenvalue weighted by Crippen LogP contribution is 2.44. The zero-order valence-electron chi connectivity index (χ0n) is 15.1. The Kier molecular flexibility index (Phi) is 4.23. The van der Waals surface area contributed by atoms with Crippen molar-refractivity contribution >= 4 is 11.0 Å². The number of benzene rings is 2. The van der Waals surface area contributed by atoms with Crippen LogP contribution in [0.1, 0.15) is 17.0 Å². The van der Waals surface area contributed by atoms with Gasteiger partial charge in [-0.05, 0) is 29.8 Å². The number of allylic oxidation sites excluding steroid dienone is 1. The lowest BCUT2D eigenvalue weighted by Crippen LogP contribution is -2.31. The first-order chi connectivity index (χ1) is 13.5. The molecule has 3 aromatic rings. The van der Waals surface area contributed by atoms with Crippen LogP contribution < -0.4 is 20.4 Å². The molecular weight excluding hydrogens is 364 g/mol. The van der Waals surface area contributed by atoms with Crippen molar-refractivity contribution in [2.75, 3.05) is 14.2 Å². The zero-order chi connectivity index (χ0) is 19.8. The third-order valence-corrected chi connectivity index (χ3v) is 4.67. The van der Waals surface area contributed by atoms with E-state index in [4.69, 9.17) is 13.9 Å². The van der Waals surface area contributed by atoms with Crippen molar-refractivity contribution in [2.24, 2.45) is 0 Å². The van der Waals surface area contributed by atoms with E-state index in [0.717, 1.165) is 0 Å². The first-order valence-electron chi connectivity index (χ1n) is 8.49. The van der Waals surface area contributed by atoms with Gasteiger partial charge in [-0.3, -0.25) is 10.1 Å². The van der Waals surface area contributed by atoms with Crippen LogP contribution >= 0.6 is 0 Å². The fourth-order valence-electron chi connectivity index (χ4n) is 3.41. The fourth-order valence-corrected chi connectivity index (χ4v) is 3.41. The summed E-state index contributed by atoms with van der Waals surface area (Å²) in [6.07, 6.45) is 0. The maximum Gasteiger partial charge on any atom is 0.344 e. The molecule has 8 heteroatoms. The lowest BCUT2D eigenvalue weighted by Gasteiger charge is -2.25. The second-order valence-corrected chi connectivity index (χ2v) is 6.16. The first-order valence-corrected chi connectivity index (χ1v) is 8.49. The average Bonchev–Trinajstić information content (AvgIpc) is 2.72. The Morgan fingerprint density at radius 3 is 2.50 bits per heavy atom. The Bertz CT molecular complexity index is 1160. The third-order valence-electron chi connectivity index (χ3n) is 4.67. The predicted molar refractivity (Wildman–Crippen MR) is 101 cm³/mol. The molecule has 2 aromatic carbocycles. The number of nitrogens with one attached hydrogen (secondary N) is 1. The molecule has 28 heavy (non-hydrogen) atoms. The van der Waals surface area contributed by atoms with Gasteiger partial charge in [0, 0.05) is 7.05 Å². The molecule has 1 N–H and O–H groups in total. The highest BCUT2D eigenvalue weighted by Gasteiger charge is 2.42. The topological polar surface area (TPSA) is 104 Å². The number of hydrogen-bond donors (Lipinski definition) is 1. The highest BCUT2D eigenvalue weighted by atomic mass is 16.6. The summed E-state index contributed by atoms with van der Waals surface area (Å²) in [5.74, 6) is -0.133. The van der Waals surface area contributed by atoms with Gasteiger partial charge in [-0.1, -0.05) is 24.3 Å². The van der Waals surface area contributed by atoms with Gasteiger partial charge in [0.15, 0.2) is 5.75 Å². The van der Waals surface area contributed by atoms with E-state index in [2.05, 4.69) is 5.32 Å². The summed E-state index contributed by atoms with van der Waals surface area (Å²) in [5.41, 5.74) is 0.0495. The lowest BCUT2D eigenvalue weighted by atomic mass is 9.87. The van der Waals surface area contributed by atoms with E-state index in [-0.39, 0.29) is 22.9 Å². The van der Waals surface area contributed by atoms with E-state index < -0.39 is 16.5 Å². The van der Waals surface area contributed by atoms with Gasteiger partial charge in [0.05, 0.1) is 23.0 Å². The van der Waals surface area contributed by atoms with Crippen LogP contribution in [-0.4, -0.2) is 19.1 Å². The normalized spacial score (nSPS) is 15.7. The lowest BCUT2D eigenvalue weighted by molar-refractivity contribution is -0.432. The van der Waals surface area contributed by atoms with Gasteiger partial charge in [-0.2, -0.15) is 0 Å². The highest BCUT2D eigenvalue weighted by molar-refractivity contribution is 5.85. The summed E-state index contributed by atoms with van der Waals surface area (Å²) in [7, 11) is 3.06.